The molecular weight excluding hydrogens is 422 g/mol. The summed E-state index contributed by atoms with van der Waals surface area (Å²) in [4.78, 5) is 16.7. The van der Waals surface area contributed by atoms with Gasteiger partial charge in [-0.1, -0.05) is 59.3 Å². The number of amides is 1. The number of anilines is 1. The highest BCUT2D eigenvalue weighted by Gasteiger charge is 2.10. The van der Waals surface area contributed by atoms with Crippen molar-refractivity contribution in [2.45, 2.75) is 26.3 Å². The maximum Gasteiger partial charge on any atom is 0.240 e. The molecule has 0 bridgehead atoms. The van der Waals surface area contributed by atoms with Crippen LogP contribution in [0.3, 0.4) is 0 Å². The normalized spacial score (nSPS) is 12.0. The number of carbonyl (C=O) groups excluding carboxylic acids is 1. The fourth-order valence-corrected chi connectivity index (χ4v) is 3.65. The molecule has 0 unspecified atom stereocenters. The van der Waals surface area contributed by atoms with Crippen LogP contribution < -0.4 is 10.6 Å². The lowest BCUT2D eigenvalue weighted by Crippen LogP contribution is -2.30. The van der Waals surface area contributed by atoms with Crippen molar-refractivity contribution in [3.8, 4) is 11.3 Å². The van der Waals surface area contributed by atoms with Crippen LogP contribution in [0.5, 0.6) is 0 Å². The Morgan fingerprint density at radius 3 is 2.52 bits per heavy atom. The zero-order chi connectivity index (χ0) is 19.2. The first-order chi connectivity index (χ1) is 13.0. The van der Waals surface area contributed by atoms with Crippen molar-refractivity contribution in [2.24, 2.45) is 0 Å². The summed E-state index contributed by atoms with van der Waals surface area (Å²) in [6.07, 6.45) is 1.03. The van der Waals surface area contributed by atoms with Crippen LogP contribution in [0.1, 0.15) is 31.0 Å². The monoisotopic (exact) mass is 443 g/mol. The molecule has 2 aromatic carbocycles. The third-order valence-corrected chi connectivity index (χ3v) is 5.63. The molecule has 0 aliphatic carbocycles. The van der Waals surface area contributed by atoms with Crippen molar-refractivity contribution in [1.29, 1.82) is 0 Å². The molecule has 2 N–H and O–H groups in total. The molecule has 3 aromatic rings. The fraction of sp³-hybridized carbons (Fsp3) is 0.238. The van der Waals surface area contributed by atoms with E-state index in [0.29, 0.717) is 5.13 Å². The molecule has 4 nitrogen and oxygen atoms in total. The van der Waals surface area contributed by atoms with Crippen LogP contribution in [0.2, 0.25) is 0 Å². The Morgan fingerprint density at radius 1 is 1.15 bits per heavy atom. The molecule has 0 radical (unpaired) electrons. The summed E-state index contributed by atoms with van der Waals surface area (Å²) in [5.74, 6) is -0.0938. The molecule has 1 amide bonds. The first-order valence-electron chi connectivity index (χ1n) is 8.88. The van der Waals surface area contributed by atoms with Gasteiger partial charge in [-0.3, -0.25) is 4.79 Å². The summed E-state index contributed by atoms with van der Waals surface area (Å²) in [7, 11) is 0. The molecule has 1 heterocycles. The molecule has 0 spiro atoms. The lowest BCUT2D eigenvalue weighted by atomic mass is 10.1. The second-order valence-corrected chi connectivity index (χ2v) is 8.06. The van der Waals surface area contributed by atoms with Gasteiger partial charge in [-0.15, -0.1) is 11.3 Å². The Hall–Kier alpha value is -2.02. The van der Waals surface area contributed by atoms with Crippen LogP contribution in [-0.2, 0) is 11.2 Å². The number of aryl methyl sites for hydroxylation is 1. The first-order valence-corrected chi connectivity index (χ1v) is 10.6. The molecule has 0 aliphatic heterocycles. The van der Waals surface area contributed by atoms with Gasteiger partial charge < -0.3 is 10.6 Å². The topological polar surface area (TPSA) is 54.0 Å². The lowest BCUT2D eigenvalue weighted by Gasteiger charge is -2.14. The van der Waals surface area contributed by atoms with Gasteiger partial charge in [0.15, 0.2) is 5.13 Å². The molecule has 0 fully saturated rings. The lowest BCUT2D eigenvalue weighted by molar-refractivity contribution is -0.115. The van der Waals surface area contributed by atoms with Crippen molar-refractivity contribution in [1.82, 2.24) is 10.3 Å². The van der Waals surface area contributed by atoms with E-state index in [4.69, 9.17) is 0 Å². The van der Waals surface area contributed by atoms with E-state index in [1.165, 1.54) is 22.5 Å². The Kier molecular flexibility index (Phi) is 6.77. The summed E-state index contributed by atoms with van der Waals surface area (Å²) >= 11 is 4.86. The van der Waals surface area contributed by atoms with Crippen molar-refractivity contribution >= 4 is 38.3 Å². The van der Waals surface area contributed by atoms with Crippen molar-refractivity contribution < 1.29 is 4.79 Å². The minimum Gasteiger partial charge on any atom is -0.302 e. The number of rotatable bonds is 7. The highest BCUT2D eigenvalue weighted by Crippen LogP contribution is 2.26. The van der Waals surface area contributed by atoms with Crippen molar-refractivity contribution in [3.63, 3.8) is 0 Å². The van der Waals surface area contributed by atoms with Gasteiger partial charge in [-0.05, 0) is 36.6 Å². The number of halogens is 1. The maximum atomic E-state index is 12.2. The van der Waals surface area contributed by atoms with Gasteiger partial charge in [0.05, 0.1) is 12.2 Å². The Morgan fingerprint density at radius 2 is 1.85 bits per heavy atom. The van der Waals surface area contributed by atoms with Crippen LogP contribution in [0.15, 0.2) is 58.4 Å². The molecule has 0 saturated carbocycles. The average molecular weight is 444 g/mol. The molecule has 27 heavy (non-hydrogen) atoms. The van der Waals surface area contributed by atoms with Crippen molar-refractivity contribution in [2.75, 3.05) is 11.9 Å². The Balaban J connectivity index is 1.52. The SMILES string of the molecule is CCc1ccc([C@H](C)NCC(=O)Nc2nc(-c3ccc(Br)cc3)cs2)cc1. The summed E-state index contributed by atoms with van der Waals surface area (Å²) in [6, 6.07) is 16.5. The molecule has 1 aromatic heterocycles. The summed E-state index contributed by atoms with van der Waals surface area (Å²) in [5, 5.41) is 8.69. The molecule has 6 heteroatoms. The van der Waals surface area contributed by atoms with Gasteiger partial charge in [0, 0.05) is 21.5 Å². The minimum atomic E-state index is -0.0938. The number of carbonyl (C=O) groups is 1. The quantitative estimate of drug-likeness (QED) is 0.512. The van der Waals surface area contributed by atoms with E-state index in [1.54, 1.807) is 0 Å². The smallest absolute Gasteiger partial charge is 0.240 e. The van der Waals surface area contributed by atoms with Crippen LogP contribution in [0, 0.1) is 0 Å². The number of nitrogens with one attached hydrogen (secondary N) is 2. The third-order valence-electron chi connectivity index (χ3n) is 4.35. The molecule has 0 aliphatic rings. The highest BCUT2D eigenvalue weighted by molar-refractivity contribution is 9.10. The van der Waals surface area contributed by atoms with Crippen molar-refractivity contribution in [3.05, 3.63) is 69.5 Å². The zero-order valence-corrected chi connectivity index (χ0v) is 17.7. The highest BCUT2D eigenvalue weighted by atomic mass is 79.9. The van der Waals surface area contributed by atoms with E-state index < -0.39 is 0 Å². The van der Waals surface area contributed by atoms with Gasteiger partial charge in [0.1, 0.15) is 0 Å². The number of aromatic nitrogens is 1. The average Bonchev–Trinajstić information content (AvgIpc) is 3.15. The number of benzene rings is 2. The number of nitrogens with zero attached hydrogens (tertiary/aromatic N) is 1. The summed E-state index contributed by atoms with van der Waals surface area (Å²) in [6.45, 7) is 4.44. The van der Waals surface area contributed by atoms with Gasteiger partial charge in [-0.25, -0.2) is 4.98 Å². The summed E-state index contributed by atoms with van der Waals surface area (Å²) in [5.41, 5.74) is 4.37. The van der Waals surface area contributed by atoms with E-state index in [1.807, 2.05) is 29.6 Å². The van der Waals surface area contributed by atoms with E-state index >= 15 is 0 Å². The van der Waals surface area contributed by atoms with Gasteiger partial charge in [-0.2, -0.15) is 0 Å². The fourth-order valence-electron chi connectivity index (χ4n) is 2.65. The van der Waals surface area contributed by atoms with E-state index in [2.05, 4.69) is 69.7 Å². The second-order valence-electron chi connectivity index (χ2n) is 6.29. The van der Waals surface area contributed by atoms with Crippen LogP contribution in [0.25, 0.3) is 11.3 Å². The summed E-state index contributed by atoms with van der Waals surface area (Å²) < 4.78 is 1.03. The Bertz CT molecular complexity index is 891. The first kappa shape index (κ1) is 19.7. The van der Waals surface area contributed by atoms with Gasteiger partial charge in [0.25, 0.3) is 0 Å². The molecular formula is C21H22BrN3OS. The van der Waals surface area contributed by atoms with E-state index in [9.17, 15) is 4.79 Å². The minimum absolute atomic E-state index is 0.0938. The van der Waals surface area contributed by atoms with Gasteiger partial charge >= 0.3 is 0 Å². The predicted octanol–water partition coefficient (Wildman–Crippen LogP) is 5.42. The zero-order valence-electron chi connectivity index (χ0n) is 15.3. The van der Waals surface area contributed by atoms with Gasteiger partial charge in [0.2, 0.25) is 5.91 Å². The van der Waals surface area contributed by atoms with Crippen LogP contribution >= 0.6 is 27.3 Å². The predicted molar refractivity (Wildman–Crippen MR) is 116 cm³/mol. The number of hydrogen-bond donors (Lipinski definition) is 2. The van der Waals surface area contributed by atoms with Crippen LogP contribution in [0.4, 0.5) is 5.13 Å². The molecule has 3 rings (SSSR count). The largest absolute Gasteiger partial charge is 0.302 e. The van der Waals surface area contributed by atoms with E-state index in [-0.39, 0.29) is 18.5 Å². The Labute approximate surface area is 172 Å². The van der Waals surface area contributed by atoms with Crippen LogP contribution in [-0.4, -0.2) is 17.4 Å². The van der Waals surface area contributed by atoms with E-state index in [0.717, 1.165) is 22.2 Å². The maximum absolute atomic E-state index is 12.2. The standard InChI is InChI=1S/C21H22BrN3OS/c1-3-15-4-6-16(7-5-15)14(2)23-12-20(26)25-21-24-19(13-27-21)17-8-10-18(22)11-9-17/h4-11,13-14,23H,3,12H2,1-2H3,(H,24,25,26)/t14-/m0/s1. The third kappa shape index (κ3) is 5.48. The number of hydrogen-bond acceptors (Lipinski definition) is 4. The molecule has 140 valence electrons. The molecule has 1 atom stereocenters. The number of thiazole rings is 1. The molecule has 0 saturated heterocycles. The second kappa shape index (κ2) is 9.26.